The van der Waals surface area contributed by atoms with Crippen molar-refractivity contribution in [2.75, 3.05) is 13.1 Å². The Kier molecular flexibility index (Phi) is 4.55. The molecule has 1 rings (SSSR count). The molecule has 0 spiro atoms. The molecule has 0 saturated carbocycles. The van der Waals surface area contributed by atoms with Crippen molar-refractivity contribution in [2.45, 2.75) is 47.1 Å². The molecule has 0 aromatic rings. The molecule has 0 radical (unpaired) electrons. The maximum atomic E-state index is 11.5. The number of hydrazine groups is 1. The van der Waals surface area contributed by atoms with Gasteiger partial charge in [-0.3, -0.25) is 15.1 Å². The van der Waals surface area contributed by atoms with E-state index in [-0.39, 0.29) is 17.9 Å². The van der Waals surface area contributed by atoms with E-state index in [9.17, 15) is 4.79 Å². The van der Waals surface area contributed by atoms with Crippen LogP contribution in [0.15, 0.2) is 0 Å². The summed E-state index contributed by atoms with van der Waals surface area (Å²) >= 11 is 0. The first-order chi connectivity index (χ1) is 7.77. The first kappa shape index (κ1) is 14.5. The molecule has 1 fully saturated rings. The van der Waals surface area contributed by atoms with Gasteiger partial charge >= 0.3 is 0 Å². The predicted molar refractivity (Wildman–Crippen MR) is 70.1 cm³/mol. The molecule has 4 nitrogen and oxygen atoms in total. The van der Waals surface area contributed by atoms with Crippen LogP contribution in [0.3, 0.4) is 0 Å². The van der Waals surface area contributed by atoms with Gasteiger partial charge in [0.15, 0.2) is 0 Å². The summed E-state index contributed by atoms with van der Waals surface area (Å²) in [5, 5.41) is 0. The van der Waals surface area contributed by atoms with E-state index in [2.05, 4.69) is 38.0 Å². The summed E-state index contributed by atoms with van der Waals surface area (Å²) in [6.07, 6.45) is 1.23. The van der Waals surface area contributed by atoms with Gasteiger partial charge in [0.05, 0.1) is 5.92 Å². The Balaban J connectivity index is 2.56. The third-order valence-electron chi connectivity index (χ3n) is 4.30. The quantitative estimate of drug-likeness (QED) is 0.446. The molecule has 0 aromatic heterocycles. The number of nitrogens with one attached hydrogen (secondary N) is 1. The van der Waals surface area contributed by atoms with Gasteiger partial charge in [0.1, 0.15) is 0 Å². The number of hydrogen-bond acceptors (Lipinski definition) is 3. The first-order valence-corrected chi connectivity index (χ1v) is 6.52. The first-order valence-electron chi connectivity index (χ1n) is 6.52. The molecular formula is C13H27N3O. The van der Waals surface area contributed by atoms with Crippen molar-refractivity contribution in [2.24, 2.45) is 23.1 Å². The van der Waals surface area contributed by atoms with Gasteiger partial charge in [0.25, 0.3) is 0 Å². The highest BCUT2D eigenvalue weighted by Crippen LogP contribution is 2.35. The van der Waals surface area contributed by atoms with Gasteiger partial charge in [-0.1, -0.05) is 27.7 Å². The minimum atomic E-state index is -0.0725. The SMILES string of the molecule is CC(C(=O)NN)C(C)N1CCC(C(C)(C)C)C1. The summed E-state index contributed by atoms with van der Waals surface area (Å²) in [5.41, 5.74) is 2.60. The van der Waals surface area contributed by atoms with Crippen molar-refractivity contribution in [1.29, 1.82) is 0 Å². The summed E-state index contributed by atoms with van der Waals surface area (Å²) in [7, 11) is 0. The molecular weight excluding hydrogens is 214 g/mol. The van der Waals surface area contributed by atoms with Gasteiger partial charge in [0.2, 0.25) is 5.91 Å². The van der Waals surface area contributed by atoms with Gasteiger partial charge in [-0.15, -0.1) is 0 Å². The fraction of sp³-hybridized carbons (Fsp3) is 0.923. The van der Waals surface area contributed by atoms with E-state index < -0.39 is 0 Å². The number of hydrogen-bond donors (Lipinski definition) is 2. The smallest absolute Gasteiger partial charge is 0.238 e. The molecule has 0 aliphatic carbocycles. The Morgan fingerprint density at radius 2 is 2.00 bits per heavy atom. The average Bonchev–Trinajstić information content (AvgIpc) is 2.74. The lowest BCUT2D eigenvalue weighted by atomic mass is 9.80. The molecule has 17 heavy (non-hydrogen) atoms. The molecule has 1 amide bonds. The minimum Gasteiger partial charge on any atom is -0.300 e. The van der Waals surface area contributed by atoms with Crippen LogP contribution >= 0.6 is 0 Å². The zero-order valence-electron chi connectivity index (χ0n) is 11.8. The summed E-state index contributed by atoms with van der Waals surface area (Å²) in [6, 6.07) is 0.255. The topological polar surface area (TPSA) is 58.4 Å². The average molecular weight is 241 g/mol. The number of nitrogens with zero attached hydrogens (tertiary/aromatic N) is 1. The summed E-state index contributed by atoms with van der Waals surface area (Å²) in [6.45, 7) is 13.1. The molecule has 3 unspecified atom stereocenters. The maximum Gasteiger partial charge on any atom is 0.238 e. The largest absolute Gasteiger partial charge is 0.300 e. The number of carbonyl (C=O) groups is 1. The number of likely N-dealkylation sites (tertiary alicyclic amines) is 1. The van der Waals surface area contributed by atoms with Crippen molar-refractivity contribution in [3.05, 3.63) is 0 Å². The highest BCUT2D eigenvalue weighted by atomic mass is 16.2. The highest BCUT2D eigenvalue weighted by molar-refractivity contribution is 5.78. The van der Waals surface area contributed by atoms with Crippen molar-refractivity contribution < 1.29 is 4.79 Å². The molecule has 3 atom stereocenters. The lowest BCUT2D eigenvalue weighted by Gasteiger charge is -2.31. The second-order valence-electron chi connectivity index (χ2n) is 6.38. The molecule has 100 valence electrons. The number of carbonyl (C=O) groups excluding carboxylic acids is 1. The Bertz CT molecular complexity index is 272. The monoisotopic (exact) mass is 241 g/mol. The zero-order valence-corrected chi connectivity index (χ0v) is 11.8. The maximum absolute atomic E-state index is 11.5. The summed E-state index contributed by atoms with van der Waals surface area (Å²) < 4.78 is 0. The predicted octanol–water partition coefficient (Wildman–Crippen LogP) is 1.37. The van der Waals surface area contributed by atoms with Gasteiger partial charge < -0.3 is 0 Å². The van der Waals surface area contributed by atoms with Crippen LogP contribution in [0.2, 0.25) is 0 Å². The van der Waals surface area contributed by atoms with Crippen molar-refractivity contribution in [3.8, 4) is 0 Å². The van der Waals surface area contributed by atoms with Crippen LogP contribution in [0.1, 0.15) is 41.0 Å². The van der Waals surface area contributed by atoms with Crippen molar-refractivity contribution in [3.63, 3.8) is 0 Å². The van der Waals surface area contributed by atoms with Crippen LogP contribution in [0, 0.1) is 17.3 Å². The minimum absolute atomic E-state index is 0.0567. The summed E-state index contributed by atoms with van der Waals surface area (Å²) in [4.78, 5) is 13.9. The van der Waals surface area contributed by atoms with E-state index in [0.29, 0.717) is 5.41 Å². The number of rotatable bonds is 3. The molecule has 3 N–H and O–H groups in total. The van der Waals surface area contributed by atoms with E-state index in [0.717, 1.165) is 19.0 Å². The number of amides is 1. The second-order valence-corrected chi connectivity index (χ2v) is 6.38. The van der Waals surface area contributed by atoms with Crippen LogP contribution < -0.4 is 11.3 Å². The standard InChI is InChI=1S/C13H27N3O/c1-9(12(17)15-14)10(2)16-7-6-11(8-16)13(3,4)5/h9-11H,6-8,14H2,1-5H3,(H,15,17). The third kappa shape index (κ3) is 3.42. The molecule has 1 aliphatic heterocycles. The van der Waals surface area contributed by atoms with Crippen LogP contribution in [0.5, 0.6) is 0 Å². The summed E-state index contributed by atoms with van der Waals surface area (Å²) in [5.74, 6) is 5.78. The van der Waals surface area contributed by atoms with Crippen LogP contribution in [0.25, 0.3) is 0 Å². The zero-order chi connectivity index (χ0) is 13.2. The lowest BCUT2D eigenvalue weighted by Crippen LogP contribution is -2.45. The van der Waals surface area contributed by atoms with Crippen LogP contribution in [-0.2, 0) is 4.79 Å². The van der Waals surface area contributed by atoms with Gasteiger partial charge in [-0.2, -0.15) is 0 Å². The van der Waals surface area contributed by atoms with E-state index in [1.807, 2.05) is 6.92 Å². The fourth-order valence-electron chi connectivity index (χ4n) is 2.53. The van der Waals surface area contributed by atoms with E-state index in [1.54, 1.807) is 0 Å². The van der Waals surface area contributed by atoms with Gasteiger partial charge in [-0.25, -0.2) is 5.84 Å². The van der Waals surface area contributed by atoms with Crippen molar-refractivity contribution >= 4 is 5.91 Å². The van der Waals surface area contributed by atoms with Crippen molar-refractivity contribution in [1.82, 2.24) is 10.3 Å². The Morgan fingerprint density at radius 1 is 1.41 bits per heavy atom. The molecule has 1 aliphatic rings. The molecule has 4 heteroatoms. The molecule has 1 heterocycles. The number of nitrogens with two attached hydrogens (primary N) is 1. The van der Waals surface area contributed by atoms with Crippen LogP contribution in [-0.4, -0.2) is 29.9 Å². The molecule has 0 bridgehead atoms. The molecule has 1 saturated heterocycles. The van der Waals surface area contributed by atoms with E-state index >= 15 is 0 Å². The van der Waals surface area contributed by atoms with Gasteiger partial charge in [0, 0.05) is 12.6 Å². The molecule has 0 aromatic carbocycles. The van der Waals surface area contributed by atoms with E-state index in [1.165, 1.54) is 6.42 Å². The Labute approximate surface area is 105 Å². The van der Waals surface area contributed by atoms with Crippen LogP contribution in [0.4, 0.5) is 0 Å². The highest BCUT2D eigenvalue weighted by Gasteiger charge is 2.35. The fourth-order valence-corrected chi connectivity index (χ4v) is 2.53. The van der Waals surface area contributed by atoms with Gasteiger partial charge in [-0.05, 0) is 31.2 Å². The van der Waals surface area contributed by atoms with E-state index in [4.69, 9.17) is 5.84 Å². The normalized spacial score (nSPS) is 25.6. The Morgan fingerprint density at radius 3 is 2.41 bits per heavy atom. The Hall–Kier alpha value is -0.610. The lowest BCUT2D eigenvalue weighted by molar-refractivity contribution is -0.126. The second kappa shape index (κ2) is 5.36. The third-order valence-corrected chi connectivity index (χ3v) is 4.30.